The van der Waals surface area contributed by atoms with E-state index >= 15 is 0 Å². The second-order valence-electron chi connectivity index (χ2n) is 8.67. The Hall–Kier alpha value is -1.31. The molecule has 2 heteroatoms. The third-order valence-corrected chi connectivity index (χ3v) is 6.17. The van der Waals surface area contributed by atoms with Gasteiger partial charge in [-0.1, -0.05) is 109 Å². The molecule has 158 valence electrons. The molecule has 1 saturated heterocycles. The van der Waals surface area contributed by atoms with Crippen molar-refractivity contribution in [3.05, 3.63) is 35.4 Å². The summed E-state index contributed by atoms with van der Waals surface area (Å²) >= 11 is 0. The van der Waals surface area contributed by atoms with Crippen molar-refractivity contribution in [3.63, 3.8) is 0 Å². The van der Waals surface area contributed by atoms with Gasteiger partial charge in [-0.25, -0.2) is 0 Å². The molecule has 2 nitrogen and oxygen atoms in total. The molecule has 28 heavy (non-hydrogen) atoms. The second kappa shape index (κ2) is 13.8. The molecule has 0 saturated carbocycles. The number of ether oxygens (including phenoxy) is 1. The van der Waals surface area contributed by atoms with Crippen LogP contribution in [0.5, 0.6) is 0 Å². The molecule has 0 bridgehead atoms. The van der Waals surface area contributed by atoms with Crippen LogP contribution in [0.1, 0.15) is 121 Å². The molecule has 0 aromatic heterocycles. The van der Waals surface area contributed by atoms with Crippen LogP contribution in [0.15, 0.2) is 24.3 Å². The summed E-state index contributed by atoms with van der Waals surface area (Å²) in [6.07, 6.45) is 18.7. The highest BCUT2D eigenvalue weighted by Crippen LogP contribution is 2.36. The summed E-state index contributed by atoms with van der Waals surface area (Å²) in [4.78, 5) is 12.2. The van der Waals surface area contributed by atoms with Gasteiger partial charge >= 0.3 is 5.97 Å². The van der Waals surface area contributed by atoms with Gasteiger partial charge in [0.25, 0.3) is 0 Å². The molecule has 1 aliphatic rings. The first-order valence-electron chi connectivity index (χ1n) is 12.0. The SMILES string of the molecule is CCCCCCCCc1ccc(C2CC(CCCCCCCC)C(=O)O2)cc1. The van der Waals surface area contributed by atoms with E-state index in [4.69, 9.17) is 4.74 Å². The monoisotopic (exact) mass is 386 g/mol. The lowest BCUT2D eigenvalue weighted by Gasteiger charge is -2.10. The lowest BCUT2D eigenvalue weighted by molar-refractivity contribution is -0.144. The Morgan fingerprint density at radius 2 is 1.36 bits per heavy atom. The predicted octanol–water partition coefficient (Wildman–Crippen LogP) is 7.94. The quantitative estimate of drug-likeness (QED) is 0.226. The molecule has 2 atom stereocenters. The maximum atomic E-state index is 12.2. The van der Waals surface area contributed by atoms with Gasteiger partial charge in [0.05, 0.1) is 5.92 Å². The van der Waals surface area contributed by atoms with Crippen LogP contribution in [0, 0.1) is 5.92 Å². The summed E-state index contributed by atoms with van der Waals surface area (Å²) < 4.78 is 5.69. The molecule has 2 unspecified atom stereocenters. The molecule has 0 N–H and O–H groups in total. The molecule has 2 rings (SSSR count). The van der Waals surface area contributed by atoms with E-state index in [-0.39, 0.29) is 18.0 Å². The number of cyclic esters (lactones) is 1. The van der Waals surface area contributed by atoms with E-state index in [1.54, 1.807) is 0 Å². The summed E-state index contributed by atoms with van der Waals surface area (Å²) in [5, 5.41) is 0. The third-order valence-electron chi connectivity index (χ3n) is 6.17. The molecule has 0 aliphatic carbocycles. The zero-order chi connectivity index (χ0) is 20.0. The van der Waals surface area contributed by atoms with Crippen molar-refractivity contribution in [1.29, 1.82) is 0 Å². The van der Waals surface area contributed by atoms with Crippen molar-refractivity contribution in [2.75, 3.05) is 0 Å². The number of unbranched alkanes of at least 4 members (excludes halogenated alkanes) is 10. The molecule has 1 heterocycles. The van der Waals surface area contributed by atoms with Crippen molar-refractivity contribution in [2.45, 2.75) is 116 Å². The molecule has 0 radical (unpaired) electrons. The number of benzene rings is 1. The lowest BCUT2D eigenvalue weighted by atomic mass is 9.94. The van der Waals surface area contributed by atoms with Crippen LogP contribution in [0.3, 0.4) is 0 Å². The molecular weight excluding hydrogens is 344 g/mol. The van der Waals surface area contributed by atoms with E-state index in [1.807, 2.05) is 0 Å². The van der Waals surface area contributed by atoms with Crippen LogP contribution in [0.25, 0.3) is 0 Å². The number of carbonyl (C=O) groups is 1. The minimum absolute atomic E-state index is 0.0229. The van der Waals surface area contributed by atoms with Gasteiger partial charge in [-0.3, -0.25) is 4.79 Å². The van der Waals surface area contributed by atoms with E-state index in [0.29, 0.717) is 0 Å². The van der Waals surface area contributed by atoms with E-state index < -0.39 is 0 Å². The summed E-state index contributed by atoms with van der Waals surface area (Å²) in [7, 11) is 0. The Kier molecular flexibility index (Phi) is 11.3. The van der Waals surface area contributed by atoms with E-state index in [2.05, 4.69) is 38.1 Å². The number of aryl methyl sites for hydroxylation is 1. The van der Waals surface area contributed by atoms with Crippen molar-refractivity contribution in [1.82, 2.24) is 0 Å². The highest BCUT2D eigenvalue weighted by Gasteiger charge is 2.34. The fourth-order valence-electron chi connectivity index (χ4n) is 4.26. The minimum Gasteiger partial charge on any atom is -0.457 e. The zero-order valence-corrected chi connectivity index (χ0v) is 18.4. The first-order valence-corrected chi connectivity index (χ1v) is 12.0. The van der Waals surface area contributed by atoms with Crippen molar-refractivity contribution in [2.24, 2.45) is 5.92 Å². The Labute approximate surface area is 173 Å². The Morgan fingerprint density at radius 3 is 2.00 bits per heavy atom. The normalized spacial score (nSPS) is 19.1. The van der Waals surface area contributed by atoms with E-state index in [9.17, 15) is 4.79 Å². The van der Waals surface area contributed by atoms with Gasteiger partial charge in [-0.15, -0.1) is 0 Å². The van der Waals surface area contributed by atoms with Gasteiger partial charge in [0.15, 0.2) is 0 Å². The van der Waals surface area contributed by atoms with Crippen molar-refractivity contribution < 1.29 is 9.53 Å². The highest BCUT2D eigenvalue weighted by molar-refractivity contribution is 5.74. The maximum Gasteiger partial charge on any atom is 0.309 e. The number of esters is 1. The molecule has 1 fully saturated rings. The van der Waals surface area contributed by atoms with Crippen LogP contribution in [0.4, 0.5) is 0 Å². The molecule has 1 aromatic carbocycles. The molecule has 0 amide bonds. The van der Waals surface area contributed by atoms with Crippen molar-refractivity contribution in [3.8, 4) is 0 Å². The average molecular weight is 387 g/mol. The van der Waals surface area contributed by atoms with Crippen LogP contribution >= 0.6 is 0 Å². The summed E-state index contributed by atoms with van der Waals surface area (Å²) in [5.74, 6) is 0.133. The molecule has 0 spiro atoms. The largest absolute Gasteiger partial charge is 0.457 e. The maximum absolute atomic E-state index is 12.2. The molecule has 1 aromatic rings. The molecule has 1 aliphatic heterocycles. The molecular formula is C26H42O2. The van der Waals surface area contributed by atoms with Crippen LogP contribution < -0.4 is 0 Å². The lowest BCUT2D eigenvalue weighted by Crippen LogP contribution is -2.07. The van der Waals surface area contributed by atoms with Gasteiger partial charge < -0.3 is 4.74 Å². The number of hydrogen-bond acceptors (Lipinski definition) is 2. The zero-order valence-electron chi connectivity index (χ0n) is 18.4. The number of hydrogen-bond donors (Lipinski definition) is 0. The Bertz CT molecular complexity index is 534. The van der Waals surface area contributed by atoms with Crippen LogP contribution in [-0.2, 0) is 16.0 Å². The fourth-order valence-corrected chi connectivity index (χ4v) is 4.26. The Morgan fingerprint density at radius 1 is 0.786 bits per heavy atom. The first kappa shape index (κ1) is 23.0. The summed E-state index contributed by atoms with van der Waals surface area (Å²) in [5.41, 5.74) is 2.58. The highest BCUT2D eigenvalue weighted by atomic mass is 16.5. The Balaban J connectivity index is 1.67. The van der Waals surface area contributed by atoms with Gasteiger partial charge in [-0.05, 0) is 30.4 Å². The second-order valence-corrected chi connectivity index (χ2v) is 8.67. The van der Waals surface area contributed by atoms with Gasteiger partial charge in [-0.2, -0.15) is 0 Å². The topological polar surface area (TPSA) is 26.3 Å². The average Bonchev–Trinajstić information content (AvgIpc) is 3.08. The smallest absolute Gasteiger partial charge is 0.309 e. The fraction of sp³-hybridized carbons (Fsp3) is 0.731. The first-order chi connectivity index (χ1) is 13.7. The van der Waals surface area contributed by atoms with Crippen molar-refractivity contribution >= 4 is 5.97 Å². The summed E-state index contributed by atoms with van der Waals surface area (Å²) in [6.45, 7) is 4.51. The summed E-state index contributed by atoms with van der Waals surface area (Å²) in [6, 6.07) is 8.82. The number of rotatable bonds is 15. The minimum atomic E-state index is -0.0271. The van der Waals surface area contributed by atoms with Crippen LogP contribution in [-0.4, -0.2) is 5.97 Å². The van der Waals surface area contributed by atoms with Gasteiger partial charge in [0.2, 0.25) is 0 Å². The van der Waals surface area contributed by atoms with Gasteiger partial charge in [0, 0.05) is 6.42 Å². The number of carbonyl (C=O) groups excluding carboxylic acids is 1. The van der Waals surface area contributed by atoms with E-state index in [0.717, 1.165) is 25.7 Å². The standard InChI is InChI=1S/C26H42O2/c1-3-5-7-9-11-13-15-22-17-19-23(20-18-22)25-21-24(26(27)28-25)16-14-12-10-8-6-4-2/h17-20,24-25H,3-16,21H2,1-2H3. The van der Waals surface area contributed by atoms with Crippen LogP contribution in [0.2, 0.25) is 0 Å². The van der Waals surface area contributed by atoms with Gasteiger partial charge in [0.1, 0.15) is 6.10 Å². The third kappa shape index (κ3) is 8.37. The predicted molar refractivity (Wildman–Crippen MR) is 118 cm³/mol. The van der Waals surface area contributed by atoms with E-state index in [1.165, 1.54) is 81.8 Å².